The number of nitriles is 1. The van der Waals surface area contributed by atoms with Gasteiger partial charge >= 0.3 is 0 Å². The van der Waals surface area contributed by atoms with Crippen LogP contribution in [0.15, 0.2) is 24.4 Å². The van der Waals surface area contributed by atoms with Gasteiger partial charge in [-0.2, -0.15) is 10.4 Å². The lowest BCUT2D eigenvalue weighted by molar-refractivity contribution is 0.577. The lowest BCUT2D eigenvalue weighted by atomic mass is 10.1. The maximum Gasteiger partial charge on any atom is 0.144 e. The molecule has 3 nitrogen and oxygen atoms in total. The number of aryl methyl sites for hydroxylation is 1. The SMILES string of the molecule is Cn1ccc(-c2cc(F)c(C#N)c(F)c2)n1. The average molecular weight is 219 g/mol. The molecule has 2 rings (SSSR count). The van der Waals surface area contributed by atoms with Crippen LogP contribution in [-0.2, 0) is 7.05 Å². The quantitative estimate of drug-likeness (QED) is 0.738. The van der Waals surface area contributed by atoms with E-state index < -0.39 is 17.2 Å². The van der Waals surface area contributed by atoms with Gasteiger partial charge in [0.1, 0.15) is 23.3 Å². The molecule has 1 aromatic heterocycles. The predicted octanol–water partition coefficient (Wildman–Crippen LogP) is 2.24. The summed E-state index contributed by atoms with van der Waals surface area (Å²) in [5.74, 6) is -1.74. The molecule has 0 atom stereocenters. The molecule has 0 aliphatic rings. The number of hydrogen-bond donors (Lipinski definition) is 0. The molecule has 0 saturated carbocycles. The minimum atomic E-state index is -0.872. The van der Waals surface area contributed by atoms with E-state index in [1.165, 1.54) is 10.8 Å². The van der Waals surface area contributed by atoms with Crippen molar-refractivity contribution >= 4 is 0 Å². The van der Waals surface area contributed by atoms with Crippen LogP contribution in [0.3, 0.4) is 0 Å². The fraction of sp³-hybridized carbons (Fsp3) is 0.0909. The lowest BCUT2D eigenvalue weighted by Gasteiger charge is -2.00. The fourth-order valence-electron chi connectivity index (χ4n) is 1.40. The number of rotatable bonds is 1. The van der Waals surface area contributed by atoms with Crippen molar-refractivity contribution < 1.29 is 8.78 Å². The minimum absolute atomic E-state index is 0.314. The van der Waals surface area contributed by atoms with Crippen molar-refractivity contribution in [2.24, 2.45) is 7.05 Å². The van der Waals surface area contributed by atoms with Crippen LogP contribution in [0, 0.1) is 23.0 Å². The van der Waals surface area contributed by atoms with Gasteiger partial charge in [0.25, 0.3) is 0 Å². The maximum atomic E-state index is 13.3. The Morgan fingerprint density at radius 2 is 1.94 bits per heavy atom. The molecule has 1 heterocycles. The van der Waals surface area contributed by atoms with Crippen molar-refractivity contribution in [1.29, 1.82) is 5.26 Å². The van der Waals surface area contributed by atoms with Crippen molar-refractivity contribution in [2.45, 2.75) is 0 Å². The van der Waals surface area contributed by atoms with Crippen molar-refractivity contribution in [1.82, 2.24) is 9.78 Å². The van der Waals surface area contributed by atoms with Gasteiger partial charge in [-0.1, -0.05) is 0 Å². The Morgan fingerprint density at radius 1 is 1.31 bits per heavy atom. The summed E-state index contributed by atoms with van der Waals surface area (Å²) >= 11 is 0. The summed E-state index contributed by atoms with van der Waals surface area (Å²) in [6, 6.07) is 5.31. The van der Waals surface area contributed by atoms with Gasteiger partial charge in [0.2, 0.25) is 0 Å². The third kappa shape index (κ3) is 1.65. The number of benzene rings is 1. The van der Waals surface area contributed by atoms with E-state index in [0.29, 0.717) is 11.3 Å². The second-order valence-electron chi connectivity index (χ2n) is 3.30. The minimum Gasteiger partial charge on any atom is -0.275 e. The molecule has 0 spiro atoms. The van der Waals surface area contributed by atoms with E-state index in [1.807, 2.05) is 0 Å². The van der Waals surface area contributed by atoms with Gasteiger partial charge in [0.05, 0.1) is 5.69 Å². The van der Waals surface area contributed by atoms with E-state index in [0.717, 1.165) is 12.1 Å². The Morgan fingerprint density at radius 3 is 2.38 bits per heavy atom. The highest BCUT2D eigenvalue weighted by Gasteiger charge is 2.12. The molecule has 80 valence electrons. The van der Waals surface area contributed by atoms with Crippen molar-refractivity contribution in [3.05, 3.63) is 41.6 Å². The van der Waals surface area contributed by atoms with Crippen LogP contribution >= 0.6 is 0 Å². The molecule has 0 aliphatic carbocycles. The second kappa shape index (κ2) is 3.74. The first kappa shape index (κ1) is 10.3. The molecule has 1 aromatic carbocycles. The lowest BCUT2D eigenvalue weighted by Crippen LogP contribution is -1.93. The van der Waals surface area contributed by atoms with E-state index in [-0.39, 0.29) is 0 Å². The summed E-state index contributed by atoms with van der Waals surface area (Å²) in [5.41, 5.74) is 0.207. The summed E-state index contributed by atoms with van der Waals surface area (Å²) in [6.45, 7) is 0. The van der Waals surface area contributed by atoms with Gasteiger partial charge in [-0.3, -0.25) is 4.68 Å². The maximum absolute atomic E-state index is 13.3. The van der Waals surface area contributed by atoms with Crippen molar-refractivity contribution in [2.75, 3.05) is 0 Å². The fourth-order valence-corrected chi connectivity index (χ4v) is 1.40. The van der Waals surface area contributed by atoms with Crippen LogP contribution in [0.1, 0.15) is 5.56 Å². The first-order chi connectivity index (χ1) is 7.61. The topological polar surface area (TPSA) is 41.6 Å². The Balaban J connectivity index is 2.57. The zero-order chi connectivity index (χ0) is 11.7. The first-order valence-corrected chi connectivity index (χ1v) is 4.51. The van der Waals surface area contributed by atoms with Gasteiger partial charge < -0.3 is 0 Å². The zero-order valence-electron chi connectivity index (χ0n) is 8.41. The summed E-state index contributed by atoms with van der Waals surface area (Å²) in [7, 11) is 1.71. The molecule has 16 heavy (non-hydrogen) atoms. The number of aromatic nitrogens is 2. The van der Waals surface area contributed by atoms with Crippen LogP contribution in [0.4, 0.5) is 8.78 Å². The van der Waals surface area contributed by atoms with Crippen LogP contribution in [0.25, 0.3) is 11.3 Å². The van der Waals surface area contributed by atoms with E-state index in [1.54, 1.807) is 19.3 Å². The second-order valence-corrected chi connectivity index (χ2v) is 3.30. The molecule has 0 saturated heterocycles. The molecule has 0 radical (unpaired) electrons. The molecule has 0 N–H and O–H groups in total. The molecule has 0 amide bonds. The molecule has 0 aliphatic heterocycles. The van der Waals surface area contributed by atoms with Crippen LogP contribution in [0.5, 0.6) is 0 Å². The highest BCUT2D eigenvalue weighted by Crippen LogP contribution is 2.22. The number of halogens is 2. The van der Waals surface area contributed by atoms with Crippen LogP contribution in [-0.4, -0.2) is 9.78 Å². The summed E-state index contributed by atoms with van der Waals surface area (Å²) < 4.78 is 28.1. The van der Waals surface area contributed by atoms with Crippen LogP contribution < -0.4 is 0 Å². The van der Waals surface area contributed by atoms with E-state index in [2.05, 4.69) is 5.10 Å². The van der Waals surface area contributed by atoms with E-state index in [4.69, 9.17) is 5.26 Å². The molecule has 2 aromatic rings. The highest BCUT2D eigenvalue weighted by atomic mass is 19.1. The molecule has 0 bridgehead atoms. The Hall–Kier alpha value is -2.22. The number of hydrogen-bond acceptors (Lipinski definition) is 2. The van der Waals surface area contributed by atoms with Gasteiger partial charge in [0.15, 0.2) is 0 Å². The zero-order valence-corrected chi connectivity index (χ0v) is 8.41. The summed E-state index contributed by atoms with van der Waals surface area (Å²) in [6.07, 6.45) is 1.67. The standard InChI is InChI=1S/C11H7F2N3/c1-16-3-2-11(15-16)7-4-9(12)8(6-14)10(13)5-7/h2-5H,1H3. The third-order valence-electron chi connectivity index (χ3n) is 2.16. The predicted molar refractivity (Wildman–Crippen MR) is 53.3 cm³/mol. The normalized spacial score (nSPS) is 10.1. The summed E-state index contributed by atoms with van der Waals surface area (Å²) in [5, 5.41) is 12.5. The highest BCUT2D eigenvalue weighted by molar-refractivity contribution is 5.60. The van der Waals surface area contributed by atoms with Crippen molar-refractivity contribution in [3.8, 4) is 17.3 Å². The largest absolute Gasteiger partial charge is 0.275 e. The van der Waals surface area contributed by atoms with Gasteiger partial charge in [-0.15, -0.1) is 0 Å². The Kier molecular flexibility index (Phi) is 2.41. The smallest absolute Gasteiger partial charge is 0.144 e. The van der Waals surface area contributed by atoms with E-state index >= 15 is 0 Å². The third-order valence-corrected chi connectivity index (χ3v) is 2.16. The monoisotopic (exact) mass is 219 g/mol. The summed E-state index contributed by atoms with van der Waals surface area (Å²) in [4.78, 5) is 0. The first-order valence-electron chi connectivity index (χ1n) is 4.51. The molecule has 5 heteroatoms. The Labute approximate surface area is 90.5 Å². The van der Waals surface area contributed by atoms with E-state index in [9.17, 15) is 8.78 Å². The molecular formula is C11H7F2N3. The molecular weight excluding hydrogens is 212 g/mol. The molecule has 0 unspecified atom stereocenters. The van der Waals surface area contributed by atoms with Gasteiger partial charge in [0, 0.05) is 18.8 Å². The van der Waals surface area contributed by atoms with Gasteiger partial charge in [-0.05, 0) is 18.2 Å². The Bertz CT molecular complexity index is 558. The average Bonchev–Trinajstić information content (AvgIpc) is 2.64. The van der Waals surface area contributed by atoms with Crippen molar-refractivity contribution in [3.63, 3.8) is 0 Å². The van der Waals surface area contributed by atoms with Gasteiger partial charge in [-0.25, -0.2) is 8.78 Å². The van der Waals surface area contributed by atoms with Crippen LogP contribution in [0.2, 0.25) is 0 Å². The number of nitrogens with zero attached hydrogens (tertiary/aromatic N) is 3. The molecule has 0 fully saturated rings.